The fourth-order valence-corrected chi connectivity index (χ4v) is 4.27. The third-order valence-electron chi connectivity index (χ3n) is 5.94. The minimum absolute atomic E-state index is 0.104. The number of aromatic amines is 1. The topological polar surface area (TPSA) is 57.8 Å². The number of halogens is 1. The summed E-state index contributed by atoms with van der Waals surface area (Å²) < 4.78 is 14.9. The van der Waals surface area contributed by atoms with E-state index in [9.17, 15) is 9.18 Å². The van der Waals surface area contributed by atoms with E-state index < -0.39 is 0 Å². The smallest absolute Gasteiger partial charge is 0.220 e. The molecule has 0 saturated carbocycles. The second-order valence-corrected chi connectivity index (χ2v) is 8.14. The lowest BCUT2D eigenvalue weighted by Gasteiger charge is -2.19. The van der Waals surface area contributed by atoms with Crippen molar-refractivity contribution in [1.29, 1.82) is 0 Å². The summed E-state index contributed by atoms with van der Waals surface area (Å²) in [7, 11) is 0. The Morgan fingerprint density at radius 3 is 2.78 bits per heavy atom. The van der Waals surface area contributed by atoms with Crippen LogP contribution >= 0.6 is 0 Å². The van der Waals surface area contributed by atoms with Crippen LogP contribution in [0.15, 0.2) is 67.0 Å². The molecule has 0 spiro atoms. The van der Waals surface area contributed by atoms with Gasteiger partial charge in [0.1, 0.15) is 5.82 Å². The Hall–Kier alpha value is -3.47. The number of para-hydroxylation sites is 1. The third-order valence-corrected chi connectivity index (χ3v) is 5.94. The molecule has 164 valence electrons. The van der Waals surface area contributed by atoms with Gasteiger partial charge in [-0.1, -0.05) is 48.9 Å². The van der Waals surface area contributed by atoms with E-state index in [1.165, 1.54) is 11.6 Å². The van der Waals surface area contributed by atoms with Gasteiger partial charge in [0, 0.05) is 54.3 Å². The maximum atomic E-state index is 14.9. The van der Waals surface area contributed by atoms with Gasteiger partial charge in [-0.15, -0.1) is 0 Å². The van der Waals surface area contributed by atoms with Gasteiger partial charge in [0.2, 0.25) is 5.91 Å². The molecule has 0 aliphatic rings. The van der Waals surface area contributed by atoms with E-state index in [2.05, 4.69) is 28.3 Å². The highest BCUT2D eigenvalue weighted by molar-refractivity contribution is 5.88. The summed E-state index contributed by atoms with van der Waals surface area (Å²) in [4.78, 5) is 20.6. The number of nitrogens with zero attached hydrogens (tertiary/aromatic N) is 1. The zero-order valence-corrected chi connectivity index (χ0v) is 18.5. The molecule has 0 aliphatic heterocycles. The number of hydrogen-bond acceptors (Lipinski definition) is 2. The number of amides is 1. The summed E-state index contributed by atoms with van der Waals surface area (Å²) in [5.41, 5.74) is 5.65. The normalized spacial score (nSPS) is 12.1. The molecule has 0 saturated heterocycles. The van der Waals surface area contributed by atoms with Crippen LogP contribution in [0.1, 0.15) is 47.2 Å². The summed E-state index contributed by atoms with van der Waals surface area (Å²) >= 11 is 0. The third kappa shape index (κ3) is 4.72. The SMILES string of the molecule is CCc1cccc2c([C@@H](CC(=O)NCCc3ccccn3)c3cc(C)ccc3F)c[nH]c12. The number of aromatic nitrogens is 2. The molecule has 0 aliphatic carbocycles. The van der Waals surface area contributed by atoms with Gasteiger partial charge in [-0.05, 0) is 48.2 Å². The molecule has 2 aromatic carbocycles. The van der Waals surface area contributed by atoms with Crippen molar-refractivity contribution in [3.63, 3.8) is 0 Å². The van der Waals surface area contributed by atoms with E-state index in [-0.39, 0.29) is 24.1 Å². The zero-order chi connectivity index (χ0) is 22.5. The van der Waals surface area contributed by atoms with Gasteiger partial charge in [-0.3, -0.25) is 9.78 Å². The molecule has 2 aromatic heterocycles. The number of fused-ring (bicyclic) bond motifs is 1. The standard InChI is InChI=1S/C27H28FN3O/c1-3-19-7-6-9-21-24(17-31-27(19)21)22(23-15-18(2)10-11-25(23)28)16-26(32)30-14-12-20-8-4-5-13-29-20/h4-11,13,15,17,22,31H,3,12,14,16H2,1-2H3,(H,30,32)/t22-/m0/s1. The molecule has 32 heavy (non-hydrogen) atoms. The number of benzene rings is 2. The molecular weight excluding hydrogens is 401 g/mol. The average Bonchev–Trinajstić information content (AvgIpc) is 3.24. The quantitative estimate of drug-likeness (QED) is 0.391. The summed E-state index contributed by atoms with van der Waals surface area (Å²) in [5.74, 6) is -0.777. The van der Waals surface area contributed by atoms with E-state index in [1.807, 2.05) is 49.5 Å². The molecule has 4 aromatic rings. The maximum Gasteiger partial charge on any atom is 0.220 e. The fourth-order valence-electron chi connectivity index (χ4n) is 4.27. The number of hydrogen-bond donors (Lipinski definition) is 2. The van der Waals surface area contributed by atoms with Crippen molar-refractivity contribution in [2.75, 3.05) is 6.54 Å². The van der Waals surface area contributed by atoms with Gasteiger partial charge in [0.25, 0.3) is 0 Å². The largest absolute Gasteiger partial charge is 0.361 e. The van der Waals surface area contributed by atoms with Crippen LogP contribution in [0.5, 0.6) is 0 Å². The fraction of sp³-hybridized carbons (Fsp3) is 0.259. The first kappa shape index (κ1) is 21.8. The summed E-state index contributed by atoms with van der Waals surface area (Å²) in [6, 6.07) is 17.0. The van der Waals surface area contributed by atoms with Crippen LogP contribution in [0, 0.1) is 12.7 Å². The number of carbonyl (C=O) groups is 1. The molecule has 2 N–H and O–H groups in total. The second-order valence-electron chi connectivity index (χ2n) is 8.14. The van der Waals surface area contributed by atoms with Crippen LogP contribution in [0.2, 0.25) is 0 Å². The number of nitrogens with one attached hydrogen (secondary N) is 2. The van der Waals surface area contributed by atoms with Crippen LogP contribution in [-0.2, 0) is 17.6 Å². The van der Waals surface area contributed by atoms with Crippen LogP contribution in [0.3, 0.4) is 0 Å². The van der Waals surface area contributed by atoms with Crippen LogP contribution in [0.4, 0.5) is 4.39 Å². The highest BCUT2D eigenvalue weighted by Gasteiger charge is 2.24. The predicted molar refractivity (Wildman–Crippen MR) is 126 cm³/mol. The number of pyridine rings is 1. The highest BCUT2D eigenvalue weighted by Crippen LogP contribution is 2.36. The first-order chi connectivity index (χ1) is 15.6. The monoisotopic (exact) mass is 429 g/mol. The molecule has 1 atom stereocenters. The summed E-state index contributed by atoms with van der Waals surface area (Å²) in [6.45, 7) is 4.55. The Labute approximate surface area is 187 Å². The molecule has 0 bridgehead atoms. The lowest BCUT2D eigenvalue weighted by molar-refractivity contribution is -0.121. The van der Waals surface area contributed by atoms with Gasteiger partial charge in [0.05, 0.1) is 0 Å². The van der Waals surface area contributed by atoms with Crippen LogP contribution in [0.25, 0.3) is 10.9 Å². The van der Waals surface area contributed by atoms with Crippen molar-refractivity contribution in [3.05, 3.63) is 101 Å². The van der Waals surface area contributed by atoms with E-state index >= 15 is 0 Å². The molecule has 4 rings (SSSR count). The van der Waals surface area contributed by atoms with Gasteiger partial charge >= 0.3 is 0 Å². The minimum Gasteiger partial charge on any atom is -0.361 e. The minimum atomic E-state index is -0.384. The lowest BCUT2D eigenvalue weighted by atomic mass is 9.86. The molecule has 0 radical (unpaired) electrons. The Kier molecular flexibility index (Phi) is 6.64. The van der Waals surface area contributed by atoms with E-state index in [0.717, 1.165) is 34.1 Å². The average molecular weight is 430 g/mol. The van der Waals surface area contributed by atoms with Gasteiger partial charge < -0.3 is 10.3 Å². The van der Waals surface area contributed by atoms with E-state index in [4.69, 9.17) is 0 Å². The van der Waals surface area contributed by atoms with Crippen molar-refractivity contribution >= 4 is 16.8 Å². The molecule has 2 heterocycles. The second kappa shape index (κ2) is 9.77. The maximum absolute atomic E-state index is 14.9. The first-order valence-electron chi connectivity index (χ1n) is 11.1. The Balaban J connectivity index is 1.62. The summed E-state index contributed by atoms with van der Waals surface area (Å²) in [5, 5.41) is 4.02. The van der Waals surface area contributed by atoms with E-state index in [1.54, 1.807) is 12.3 Å². The predicted octanol–water partition coefficient (Wildman–Crippen LogP) is 5.45. The Morgan fingerprint density at radius 1 is 1.12 bits per heavy atom. The zero-order valence-electron chi connectivity index (χ0n) is 18.5. The highest BCUT2D eigenvalue weighted by atomic mass is 19.1. The van der Waals surface area contributed by atoms with Gasteiger partial charge in [-0.25, -0.2) is 4.39 Å². The Morgan fingerprint density at radius 2 is 2.00 bits per heavy atom. The Bertz CT molecular complexity index is 1220. The van der Waals surface area contributed by atoms with Crippen molar-refractivity contribution in [3.8, 4) is 0 Å². The van der Waals surface area contributed by atoms with E-state index in [0.29, 0.717) is 18.5 Å². The molecule has 0 fully saturated rings. The molecule has 0 unspecified atom stereocenters. The van der Waals surface area contributed by atoms with Crippen molar-refractivity contribution in [2.45, 2.75) is 39.0 Å². The molecule has 4 nitrogen and oxygen atoms in total. The molecular formula is C27H28FN3O. The van der Waals surface area contributed by atoms with Gasteiger partial charge in [0.15, 0.2) is 0 Å². The summed E-state index contributed by atoms with van der Waals surface area (Å²) in [6.07, 6.45) is 5.40. The first-order valence-corrected chi connectivity index (χ1v) is 11.1. The lowest BCUT2D eigenvalue weighted by Crippen LogP contribution is -2.27. The molecule has 5 heteroatoms. The van der Waals surface area contributed by atoms with Crippen molar-refractivity contribution < 1.29 is 9.18 Å². The van der Waals surface area contributed by atoms with Crippen LogP contribution < -0.4 is 5.32 Å². The molecule has 1 amide bonds. The van der Waals surface area contributed by atoms with Crippen LogP contribution in [-0.4, -0.2) is 22.4 Å². The number of carbonyl (C=O) groups excluding carboxylic acids is 1. The number of rotatable bonds is 8. The van der Waals surface area contributed by atoms with Crippen molar-refractivity contribution in [1.82, 2.24) is 15.3 Å². The number of aryl methyl sites for hydroxylation is 2. The number of H-pyrrole nitrogens is 1. The van der Waals surface area contributed by atoms with Crippen molar-refractivity contribution in [2.24, 2.45) is 0 Å². The van der Waals surface area contributed by atoms with Gasteiger partial charge in [-0.2, -0.15) is 0 Å².